The Morgan fingerprint density at radius 2 is 1.83 bits per heavy atom. The number of hydrogen-bond donors (Lipinski definition) is 1. The molecule has 0 aromatic heterocycles. The van der Waals surface area contributed by atoms with E-state index in [9.17, 15) is 0 Å². The fourth-order valence-corrected chi connectivity index (χ4v) is 1.86. The molecule has 18 heavy (non-hydrogen) atoms. The van der Waals surface area contributed by atoms with Gasteiger partial charge >= 0.3 is 0 Å². The Hall–Kier alpha value is -0.730. The molecule has 0 unspecified atom stereocenters. The van der Waals surface area contributed by atoms with Crippen LogP contribution in [-0.4, -0.2) is 12.1 Å². The summed E-state index contributed by atoms with van der Waals surface area (Å²) in [6.45, 7) is 2.89. The Labute approximate surface area is 116 Å². The second kappa shape index (κ2) is 7.01. The van der Waals surface area contributed by atoms with Crippen molar-refractivity contribution in [3.05, 3.63) is 29.8 Å². The normalized spacial score (nSPS) is 15.9. The SMILES string of the molecule is CCCCCc1ccc(OCC2(N)CC2)cc1.Cl. The summed E-state index contributed by atoms with van der Waals surface area (Å²) in [5, 5.41) is 0. The summed E-state index contributed by atoms with van der Waals surface area (Å²) >= 11 is 0. The van der Waals surface area contributed by atoms with Crippen LogP contribution in [0.5, 0.6) is 5.75 Å². The van der Waals surface area contributed by atoms with Crippen molar-refractivity contribution >= 4 is 12.4 Å². The van der Waals surface area contributed by atoms with Gasteiger partial charge in [0, 0.05) is 0 Å². The second-order valence-electron chi connectivity index (χ2n) is 5.25. The zero-order chi connectivity index (χ0) is 12.1. The first-order valence-electron chi connectivity index (χ1n) is 6.72. The lowest BCUT2D eigenvalue weighted by atomic mass is 10.1. The Balaban J connectivity index is 0.00000162. The van der Waals surface area contributed by atoms with Gasteiger partial charge in [0.15, 0.2) is 0 Å². The molecule has 0 amide bonds. The first-order valence-corrected chi connectivity index (χ1v) is 6.72. The van der Waals surface area contributed by atoms with Crippen molar-refractivity contribution in [2.45, 2.75) is 51.0 Å². The molecule has 1 aromatic rings. The van der Waals surface area contributed by atoms with Crippen LogP contribution >= 0.6 is 12.4 Å². The van der Waals surface area contributed by atoms with Gasteiger partial charge in [-0.3, -0.25) is 0 Å². The van der Waals surface area contributed by atoms with Gasteiger partial charge in [0.2, 0.25) is 0 Å². The molecule has 0 bridgehead atoms. The molecule has 2 rings (SSSR count). The third kappa shape index (κ3) is 4.87. The average molecular weight is 270 g/mol. The van der Waals surface area contributed by atoms with Crippen molar-refractivity contribution in [1.29, 1.82) is 0 Å². The lowest BCUT2D eigenvalue weighted by Gasteiger charge is -2.11. The third-order valence-electron chi connectivity index (χ3n) is 3.41. The summed E-state index contributed by atoms with van der Waals surface area (Å²) < 4.78 is 5.69. The number of unbranched alkanes of at least 4 members (excludes halogenated alkanes) is 2. The summed E-state index contributed by atoms with van der Waals surface area (Å²) in [7, 11) is 0. The minimum absolute atomic E-state index is 0. The molecule has 0 radical (unpaired) electrons. The minimum atomic E-state index is -0.0280. The van der Waals surface area contributed by atoms with Crippen molar-refractivity contribution in [1.82, 2.24) is 0 Å². The van der Waals surface area contributed by atoms with Crippen LogP contribution in [0.4, 0.5) is 0 Å². The monoisotopic (exact) mass is 269 g/mol. The number of aryl methyl sites for hydroxylation is 1. The van der Waals surface area contributed by atoms with Gasteiger partial charge in [-0.15, -0.1) is 12.4 Å². The highest BCUT2D eigenvalue weighted by molar-refractivity contribution is 5.85. The topological polar surface area (TPSA) is 35.2 Å². The van der Waals surface area contributed by atoms with Crippen LogP contribution in [0, 0.1) is 0 Å². The summed E-state index contributed by atoms with van der Waals surface area (Å²) in [4.78, 5) is 0. The second-order valence-corrected chi connectivity index (χ2v) is 5.25. The standard InChI is InChI=1S/C15H23NO.ClH/c1-2-3-4-5-13-6-8-14(9-7-13)17-12-15(16)10-11-15;/h6-9H,2-5,10-12,16H2,1H3;1H. The summed E-state index contributed by atoms with van der Waals surface area (Å²) in [5.74, 6) is 0.945. The number of nitrogens with two attached hydrogens (primary N) is 1. The minimum Gasteiger partial charge on any atom is -0.492 e. The van der Waals surface area contributed by atoms with Crippen LogP contribution < -0.4 is 10.5 Å². The van der Waals surface area contributed by atoms with Crippen molar-refractivity contribution in [2.24, 2.45) is 5.73 Å². The van der Waals surface area contributed by atoms with E-state index in [1.54, 1.807) is 0 Å². The van der Waals surface area contributed by atoms with E-state index in [1.807, 2.05) is 0 Å². The highest BCUT2D eigenvalue weighted by atomic mass is 35.5. The molecule has 1 aliphatic carbocycles. The predicted octanol–water partition coefficient (Wildman–Crippen LogP) is 3.71. The molecule has 0 aliphatic heterocycles. The van der Waals surface area contributed by atoms with E-state index in [1.165, 1.54) is 31.2 Å². The number of hydrogen-bond acceptors (Lipinski definition) is 2. The van der Waals surface area contributed by atoms with E-state index in [4.69, 9.17) is 10.5 Å². The molecule has 102 valence electrons. The van der Waals surface area contributed by atoms with Crippen molar-refractivity contribution in [3.63, 3.8) is 0 Å². The van der Waals surface area contributed by atoms with Gasteiger partial charge < -0.3 is 10.5 Å². The Bertz CT molecular complexity index is 346. The largest absolute Gasteiger partial charge is 0.492 e. The number of rotatable bonds is 7. The molecule has 3 heteroatoms. The zero-order valence-electron chi connectivity index (χ0n) is 11.2. The molecule has 2 nitrogen and oxygen atoms in total. The molecule has 1 saturated carbocycles. The number of benzene rings is 1. The molecule has 1 aliphatic rings. The Morgan fingerprint density at radius 3 is 2.39 bits per heavy atom. The van der Waals surface area contributed by atoms with E-state index >= 15 is 0 Å². The fourth-order valence-electron chi connectivity index (χ4n) is 1.86. The molecular weight excluding hydrogens is 246 g/mol. The summed E-state index contributed by atoms with van der Waals surface area (Å²) in [5.41, 5.74) is 7.35. The molecule has 0 atom stereocenters. The summed E-state index contributed by atoms with van der Waals surface area (Å²) in [6, 6.07) is 8.46. The maximum absolute atomic E-state index is 5.98. The molecule has 1 fully saturated rings. The maximum Gasteiger partial charge on any atom is 0.119 e. The van der Waals surface area contributed by atoms with Gasteiger partial charge in [-0.2, -0.15) is 0 Å². The summed E-state index contributed by atoms with van der Waals surface area (Å²) in [6.07, 6.45) is 7.25. The van der Waals surface area contributed by atoms with Gasteiger partial charge in [-0.25, -0.2) is 0 Å². The van der Waals surface area contributed by atoms with Gasteiger partial charge in [0.25, 0.3) is 0 Å². The molecule has 2 N–H and O–H groups in total. The Morgan fingerprint density at radius 1 is 1.17 bits per heavy atom. The van der Waals surface area contributed by atoms with Crippen LogP contribution in [0.3, 0.4) is 0 Å². The van der Waals surface area contributed by atoms with Gasteiger partial charge in [0.1, 0.15) is 12.4 Å². The van der Waals surface area contributed by atoms with E-state index in [0.717, 1.165) is 18.6 Å². The van der Waals surface area contributed by atoms with Gasteiger partial charge in [0.05, 0.1) is 5.54 Å². The number of ether oxygens (including phenoxy) is 1. The van der Waals surface area contributed by atoms with Crippen molar-refractivity contribution in [2.75, 3.05) is 6.61 Å². The van der Waals surface area contributed by atoms with Crippen LogP contribution in [-0.2, 0) is 6.42 Å². The third-order valence-corrected chi connectivity index (χ3v) is 3.41. The zero-order valence-corrected chi connectivity index (χ0v) is 12.0. The van der Waals surface area contributed by atoms with Gasteiger partial charge in [-0.1, -0.05) is 31.9 Å². The molecule has 0 heterocycles. The molecule has 1 aromatic carbocycles. The Kier molecular flexibility index (Phi) is 5.97. The van der Waals surface area contributed by atoms with E-state index < -0.39 is 0 Å². The predicted molar refractivity (Wildman–Crippen MR) is 78.6 cm³/mol. The van der Waals surface area contributed by atoms with Crippen LogP contribution in [0.15, 0.2) is 24.3 Å². The lowest BCUT2D eigenvalue weighted by Crippen LogP contribution is -2.29. The molecule has 0 spiro atoms. The molecular formula is C15H24ClNO. The van der Waals surface area contributed by atoms with Crippen molar-refractivity contribution < 1.29 is 4.74 Å². The van der Waals surface area contributed by atoms with Crippen LogP contribution in [0.25, 0.3) is 0 Å². The average Bonchev–Trinajstić information content (AvgIpc) is 3.07. The number of halogens is 1. The lowest BCUT2D eigenvalue weighted by molar-refractivity contribution is 0.279. The van der Waals surface area contributed by atoms with Crippen LogP contribution in [0.2, 0.25) is 0 Å². The quantitative estimate of drug-likeness (QED) is 0.766. The smallest absolute Gasteiger partial charge is 0.119 e. The fraction of sp³-hybridized carbons (Fsp3) is 0.600. The van der Waals surface area contributed by atoms with Crippen molar-refractivity contribution in [3.8, 4) is 5.75 Å². The van der Waals surface area contributed by atoms with Crippen LogP contribution in [0.1, 0.15) is 44.6 Å². The first-order chi connectivity index (χ1) is 8.22. The first kappa shape index (κ1) is 15.3. The maximum atomic E-state index is 5.98. The highest BCUT2D eigenvalue weighted by Crippen LogP contribution is 2.32. The highest BCUT2D eigenvalue weighted by Gasteiger charge is 2.39. The molecule has 0 saturated heterocycles. The van der Waals surface area contributed by atoms with E-state index in [-0.39, 0.29) is 17.9 Å². The van der Waals surface area contributed by atoms with Gasteiger partial charge in [-0.05, 0) is 43.4 Å². The van der Waals surface area contributed by atoms with E-state index in [0.29, 0.717) is 6.61 Å². The van der Waals surface area contributed by atoms with E-state index in [2.05, 4.69) is 31.2 Å².